The minimum Gasteiger partial charge on any atom is -0.478 e. The number of carbonyl (C=O) groups is 1. The molecule has 5 nitrogen and oxygen atoms in total. The van der Waals surface area contributed by atoms with Crippen molar-refractivity contribution in [1.29, 1.82) is 0 Å². The van der Waals surface area contributed by atoms with Gasteiger partial charge in [0.15, 0.2) is 0 Å². The summed E-state index contributed by atoms with van der Waals surface area (Å²) in [5.74, 6) is -0.952. The summed E-state index contributed by atoms with van der Waals surface area (Å²) in [7, 11) is 0. The Hall–Kier alpha value is -2.79. The third-order valence-corrected chi connectivity index (χ3v) is 5.66. The van der Waals surface area contributed by atoms with Gasteiger partial charge in [-0.3, -0.25) is 9.13 Å². The van der Waals surface area contributed by atoms with E-state index in [0.29, 0.717) is 17.3 Å². The van der Waals surface area contributed by atoms with Crippen LogP contribution in [0.4, 0.5) is 0 Å². The number of carboxylic acids is 1. The number of halogens is 1. The van der Waals surface area contributed by atoms with Gasteiger partial charge in [-0.05, 0) is 49.4 Å². The lowest BCUT2D eigenvalue weighted by atomic mass is 9.99. The fourth-order valence-electron chi connectivity index (χ4n) is 3.67. The maximum absolute atomic E-state index is 13.0. The third-order valence-electron chi connectivity index (χ3n) is 5.26. The van der Waals surface area contributed by atoms with Crippen molar-refractivity contribution in [1.82, 2.24) is 9.13 Å². The predicted molar refractivity (Wildman–Crippen MR) is 121 cm³/mol. The topological polar surface area (TPSA) is 64.2 Å². The highest BCUT2D eigenvalue weighted by atomic mass is 35.5. The lowest BCUT2D eigenvalue weighted by molar-refractivity contribution is 0.0697. The molecule has 0 saturated carbocycles. The summed E-state index contributed by atoms with van der Waals surface area (Å²) < 4.78 is 3.40. The zero-order valence-electron chi connectivity index (χ0n) is 17.6. The van der Waals surface area contributed by atoms with E-state index >= 15 is 0 Å². The van der Waals surface area contributed by atoms with Crippen LogP contribution in [0.2, 0.25) is 5.15 Å². The van der Waals surface area contributed by atoms with Gasteiger partial charge in [-0.1, -0.05) is 67.4 Å². The van der Waals surface area contributed by atoms with Gasteiger partial charge in [0.1, 0.15) is 5.15 Å². The smallest absolute Gasteiger partial charge is 0.336 e. The summed E-state index contributed by atoms with van der Waals surface area (Å²) in [5, 5.41) is 9.95. The van der Waals surface area contributed by atoms with Crippen LogP contribution in [0, 0.1) is 0 Å². The molecule has 0 aliphatic rings. The van der Waals surface area contributed by atoms with Gasteiger partial charge < -0.3 is 5.11 Å². The van der Waals surface area contributed by atoms with Gasteiger partial charge in [0.2, 0.25) is 0 Å². The molecule has 30 heavy (non-hydrogen) atoms. The molecule has 0 amide bonds. The van der Waals surface area contributed by atoms with E-state index in [-0.39, 0.29) is 17.3 Å². The molecule has 0 aliphatic carbocycles. The van der Waals surface area contributed by atoms with Crippen LogP contribution in [0.15, 0.2) is 53.3 Å². The molecule has 3 rings (SSSR count). The summed E-state index contributed by atoms with van der Waals surface area (Å²) in [4.78, 5) is 24.5. The van der Waals surface area contributed by atoms with E-state index in [0.717, 1.165) is 36.1 Å². The first-order valence-corrected chi connectivity index (χ1v) is 10.6. The Morgan fingerprint density at radius 3 is 2.37 bits per heavy atom. The number of hydrogen-bond acceptors (Lipinski definition) is 2. The van der Waals surface area contributed by atoms with Crippen molar-refractivity contribution < 1.29 is 9.90 Å². The second-order valence-corrected chi connectivity index (χ2v) is 8.08. The number of rotatable bonds is 8. The number of nitrogens with zero attached hydrogens (tertiary/aromatic N) is 2. The van der Waals surface area contributed by atoms with Crippen LogP contribution >= 0.6 is 11.6 Å². The Morgan fingerprint density at radius 2 is 1.77 bits per heavy atom. The number of hydrogen-bond donors (Lipinski definition) is 1. The Labute approximate surface area is 181 Å². The highest BCUT2D eigenvalue weighted by Gasteiger charge is 2.20. The van der Waals surface area contributed by atoms with E-state index in [9.17, 15) is 14.7 Å². The molecule has 0 radical (unpaired) electrons. The lowest BCUT2D eigenvalue weighted by Gasteiger charge is -2.10. The van der Waals surface area contributed by atoms with E-state index in [1.807, 2.05) is 44.2 Å². The van der Waals surface area contributed by atoms with Gasteiger partial charge in [0, 0.05) is 6.04 Å². The fourth-order valence-corrected chi connectivity index (χ4v) is 4.13. The molecular formula is C24H27ClN2O3. The van der Waals surface area contributed by atoms with E-state index in [4.69, 9.17) is 11.6 Å². The molecule has 1 N–H and O–H groups in total. The van der Waals surface area contributed by atoms with Crippen molar-refractivity contribution in [2.75, 3.05) is 0 Å². The van der Waals surface area contributed by atoms with E-state index in [2.05, 4.69) is 6.92 Å². The van der Waals surface area contributed by atoms with Crippen molar-refractivity contribution in [3.8, 4) is 11.1 Å². The first-order chi connectivity index (χ1) is 14.3. The molecule has 0 spiro atoms. The molecule has 2 aromatic carbocycles. The van der Waals surface area contributed by atoms with Gasteiger partial charge in [-0.2, -0.15) is 0 Å². The molecule has 1 aromatic heterocycles. The molecule has 6 heteroatoms. The van der Waals surface area contributed by atoms with Gasteiger partial charge in [0.25, 0.3) is 0 Å². The number of aromatic carboxylic acids is 1. The molecule has 0 bridgehead atoms. The second kappa shape index (κ2) is 9.35. The first-order valence-electron chi connectivity index (χ1n) is 10.3. The van der Waals surface area contributed by atoms with Crippen molar-refractivity contribution >= 4 is 17.6 Å². The van der Waals surface area contributed by atoms with Crippen LogP contribution in [0.1, 0.15) is 61.3 Å². The maximum atomic E-state index is 13.0. The molecule has 0 atom stereocenters. The van der Waals surface area contributed by atoms with Crippen LogP contribution in [-0.4, -0.2) is 20.2 Å². The van der Waals surface area contributed by atoms with E-state index < -0.39 is 5.97 Å². The minimum atomic E-state index is -0.952. The molecule has 158 valence electrons. The summed E-state index contributed by atoms with van der Waals surface area (Å²) in [6.07, 6.45) is 2.75. The molecule has 0 unspecified atom stereocenters. The molecule has 3 aromatic rings. The average molecular weight is 427 g/mol. The summed E-state index contributed by atoms with van der Waals surface area (Å²) in [6.45, 7) is 6.45. The van der Waals surface area contributed by atoms with Crippen LogP contribution in [0.5, 0.6) is 0 Å². The van der Waals surface area contributed by atoms with Gasteiger partial charge in [-0.25, -0.2) is 9.59 Å². The second-order valence-electron chi connectivity index (χ2n) is 7.72. The Morgan fingerprint density at radius 1 is 1.10 bits per heavy atom. The van der Waals surface area contributed by atoms with E-state index in [1.54, 1.807) is 27.3 Å². The lowest BCUT2D eigenvalue weighted by Crippen LogP contribution is -2.26. The number of aromatic nitrogens is 2. The predicted octanol–water partition coefficient (Wildman–Crippen LogP) is 5.64. The molecule has 0 fully saturated rings. The highest BCUT2D eigenvalue weighted by molar-refractivity contribution is 6.30. The maximum Gasteiger partial charge on any atom is 0.336 e. The number of carboxylic acid groups (broad SMARTS) is 1. The first kappa shape index (κ1) is 21.9. The third kappa shape index (κ3) is 4.36. The number of benzene rings is 2. The van der Waals surface area contributed by atoms with Crippen molar-refractivity contribution in [2.24, 2.45) is 0 Å². The monoisotopic (exact) mass is 426 g/mol. The van der Waals surface area contributed by atoms with Crippen LogP contribution in [-0.2, 0) is 13.0 Å². The Bertz CT molecular complexity index is 1090. The van der Waals surface area contributed by atoms with Gasteiger partial charge >= 0.3 is 11.7 Å². The highest BCUT2D eigenvalue weighted by Crippen LogP contribution is 2.25. The number of unbranched alkanes of at least 4 members (excludes halogenated alkanes) is 1. The largest absolute Gasteiger partial charge is 0.478 e. The van der Waals surface area contributed by atoms with E-state index in [1.165, 1.54) is 0 Å². The van der Waals surface area contributed by atoms with Crippen LogP contribution < -0.4 is 5.69 Å². The van der Waals surface area contributed by atoms with Crippen molar-refractivity contribution in [3.05, 3.63) is 81.0 Å². The zero-order valence-corrected chi connectivity index (χ0v) is 18.3. The van der Waals surface area contributed by atoms with Crippen LogP contribution in [0.25, 0.3) is 11.1 Å². The van der Waals surface area contributed by atoms with Crippen LogP contribution in [0.3, 0.4) is 0 Å². The van der Waals surface area contributed by atoms with Gasteiger partial charge in [-0.15, -0.1) is 0 Å². The summed E-state index contributed by atoms with van der Waals surface area (Å²) >= 11 is 6.57. The normalized spacial score (nSPS) is 11.2. The summed E-state index contributed by atoms with van der Waals surface area (Å²) in [6, 6.07) is 14.6. The zero-order chi connectivity index (χ0) is 21.8. The van der Waals surface area contributed by atoms with Gasteiger partial charge in [0.05, 0.1) is 17.8 Å². The SMILES string of the molecule is CCCCc1c(Cl)n(C(C)C)c(=O)n1Cc1ccc(-c2ccccc2C(=O)O)cc1. The minimum absolute atomic E-state index is 0.0125. The average Bonchev–Trinajstić information content (AvgIpc) is 2.96. The Balaban J connectivity index is 1.95. The molecule has 1 heterocycles. The van der Waals surface area contributed by atoms with Crippen molar-refractivity contribution in [2.45, 2.75) is 52.6 Å². The summed E-state index contributed by atoms with van der Waals surface area (Å²) in [5.41, 5.74) is 3.51. The number of imidazole rings is 1. The fraction of sp³-hybridized carbons (Fsp3) is 0.333. The molecular weight excluding hydrogens is 400 g/mol. The quantitative estimate of drug-likeness (QED) is 0.506. The standard InChI is InChI=1S/C24H27ClN2O3/c1-4-5-10-21-22(25)27(16(2)3)24(30)26(21)15-17-11-13-18(14-12-17)19-8-6-7-9-20(19)23(28)29/h6-9,11-14,16H,4-5,10,15H2,1-3H3,(H,28,29). The molecule has 0 aliphatic heterocycles. The Kier molecular flexibility index (Phi) is 6.83. The molecule has 0 saturated heterocycles. The van der Waals surface area contributed by atoms with Crippen molar-refractivity contribution in [3.63, 3.8) is 0 Å².